The molecule has 1 N–H and O–H groups in total. The van der Waals surface area contributed by atoms with Crippen LogP contribution in [0.1, 0.15) is 65.6 Å². The lowest BCUT2D eigenvalue weighted by atomic mass is 10.0. The van der Waals surface area contributed by atoms with E-state index in [9.17, 15) is 4.79 Å². The molecule has 4 heteroatoms. The minimum Gasteiger partial charge on any atom is -0.444 e. The fourth-order valence-electron chi connectivity index (χ4n) is 2.43. The van der Waals surface area contributed by atoms with Crippen molar-refractivity contribution in [1.82, 2.24) is 4.90 Å². The third-order valence-corrected chi connectivity index (χ3v) is 3.62. The molecule has 0 aliphatic carbocycles. The van der Waals surface area contributed by atoms with Gasteiger partial charge in [-0.3, -0.25) is 0 Å². The predicted octanol–water partition coefficient (Wildman–Crippen LogP) is 5.13. The number of carbonyl (C=O) groups is 1. The average molecular weight is 320 g/mol. The van der Waals surface area contributed by atoms with Crippen LogP contribution in [0.5, 0.6) is 0 Å². The summed E-state index contributed by atoms with van der Waals surface area (Å²) in [5.41, 5.74) is 2.94. The van der Waals surface area contributed by atoms with Crippen LogP contribution in [0.15, 0.2) is 18.2 Å². The summed E-state index contributed by atoms with van der Waals surface area (Å²) in [5.74, 6) is 0. The summed E-state index contributed by atoms with van der Waals surface area (Å²) in [6.07, 6.45) is -0.272. The van der Waals surface area contributed by atoms with Gasteiger partial charge in [-0.1, -0.05) is 12.1 Å². The summed E-state index contributed by atoms with van der Waals surface area (Å²) in [4.78, 5) is 14.2. The number of nitrogens with one attached hydrogen (secondary N) is 1. The van der Waals surface area contributed by atoms with Gasteiger partial charge in [0.15, 0.2) is 0 Å². The Kier molecular flexibility index (Phi) is 6.48. The van der Waals surface area contributed by atoms with E-state index in [2.05, 4.69) is 44.3 Å². The molecule has 0 saturated heterocycles. The highest BCUT2D eigenvalue weighted by molar-refractivity contribution is 5.69. The van der Waals surface area contributed by atoms with Crippen LogP contribution in [0.4, 0.5) is 10.5 Å². The Morgan fingerprint density at radius 3 is 2.35 bits per heavy atom. The van der Waals surface area contributed by atoms with Crippen LogP contribution in [0.2, 0.25) is 0 Å². The monoisotopic (exact) mass is 320 g/mol. The Morgan fingerprint density at radius 2 is 1.87 bits per heavy atom. The molecule has 0 saturated carbocycles. The highest BCUT2D eigenvalue weighted by Crippen LogP contribution is 2.27. The average Bonchev–Trinajstić information content (AvgIpc) is 2.39. The predicted molar refractivity (Wildman–Crippen MR) is 97.0 cm³/mol. The normalized spacial score (nSPS) is 12.9. The standard InChI is InChI=1S/C19H32N2O2/c1-9-21(18(22)23-19(6,7)8)15(5)16-11-10-14(4)17(12-16)20-13(2)3/h10-13,15,20H,9H2,1-8H3. The Balaban J connectivity index is 3.01. The van der Waals surface area contributed by atoms with Gasteiger partial charge in [0.05, 0.1) is 6.04 Å². The second kappa shape index (κ2) is 7.71. The number of ether oxygens (including phenoxy) is 1. The molecule has 4 nitrogen and oxygen atoms in total. The molecular formula is C19H32N2O2. The van der Waals surface area contributed by atoms with Gasteiger partial charge in [-0.15, -0.1) is 0 Å². The van der Waals surface area contributed by atoms with Crippen LogP contribution in [-0.4, -0.2) is 29.2 Å². The summed E-state index contributed by atoms with van der Waals surface area (Å²) < 4.78 is 5.52. The van der Waals surface area contributed by atoms with Gasteiger partial charge in [0.2, 0.25) is 0 Å². The summed E-state index contributed by atoms with van der Waals surface area (Å²) in [6, 6.07) is 6.64. The zero-order chi connectivity index (χ0) is 17.8. The van der Waals surface area contributed by atoms with Crippen LogP contribution in [0, 0.1) is 6.92 Å². The first-order valence-electron chi connectivity index (χ1n) is 8.41. The van der Waals surface area contributed by atoms with Gasteiger partial charge in [-0.05, 0) is 72.6 Å². The third kappa shape index (κ3) is 5.77. The van der Waals surface area contributed by atoms with E-state index in [1.165, 1.54) is 5.56 Å². The first kappa shape index (κ1) is 19.3. The van der Waals surface area contributed by atoms with E-state index in [0.29, 0.717) is 12.6 Å². The molecule has 0 fully saturated rings. The van der Waals surface area contributed by atoms with Crippen LogP contribution in [0.25, 0.3) is 0 Å². The van der Waals surface area contributed by atoms with Gasteiger partial charge in [-0.25, -0.2) is 4.79 Å². The number of nitrogens with zero attached hydrogens (tertiary/aromatic N) is 1. The maximum atomic E-state index is 12.4. The molecule has 23 heavy (non-hydrogen) atoms. The van der Waals surface area contributed by atoms with E-state index in [-0.39, 0.29) is 12.1 Å². The van der Waals surface area contributed by atoms with E-state index in [1.54, 1.807) is 4.90 Å². The van der Waals surface area contributed by atoms with E-state index < -0.39 is 5.60 Å². The number of hydrogen-bond donors (Lipinski definition) is 1. The fourth-order valence-corrected chi connectivity index (χ4v) is 2.43. The zero-order valence-electron chi connectivity index (χ0n) is 15.9. The second-order valence-electron chi connectivity index (χ2n) is 7.32. The van der Waals surface area contributed by atoms with Crippen LogP contribution in [-0.2, 0) is 4.74 Å². The van der Waals surface area contributed by atoms with Gasteiger partial charge in [0.1, 0.15) is 5.60 Å². The molecule has 1 aromatic rings. The molecule has 1 aromatic carbocycles. The molecule has 130 valence electrons. The Morgan fingerprint density at radius 1 is 1.26 bits per heavy atom. The van der Waals surface area contributed by atoms with Crippen LogP contribution < -0.4 is 5.32 Å². The maximum Gasteiger partial charge on any atom is 0.410 e. The van der Waals surface area contributed by atoms with Crippen molar-refractivity contribution in [2.45, 2.75) is 73.1 Å². The molecule has 1 unspecified atom stereocenters. The molecule has 0 aromatic heterocycles. The molecule has 1 rings (SSSR count). The minimum atomic E-state index is -0.484. The molecule has 1 amide bonds. The van der Waals surface area contributed by atoms with E-state index in [4.69, 9.17) is 4.74 Å². The molecule has 0 heterocycles. The quantitative estimate of drug-likeness (QED) is 0.817. The van der Waals surface area contributed by atoms with Crippen molar-refractivity contribution in [2.24, 2.45) is 0 Å². The molecule has 0 spiro atoms. The first-order chi connectivity index (χ1) is 10.5. The summed E-state index contributed by atoms with van der Waals surface area (Å²) in [7, 11) is 0. The Hall–Kier alpha value is -1.71. The summed E-state index contributed by atoms with van der Waals surface area (Å²) >= 11 is 0. The Labute approximate surface area is 141 Å². The number of aryl methyl sites for hydroxylation is 1. The number of anilines is 1. The smallest absolute Gasteiger partial charge is 0.410 e. The maximum absolute atomic E-state index is 12.4. The highest BCUT2D eigenvalue weighted by Gasteiger charge is 2.25. The number of hydrogen-bond acceptors (Lipinski definition) is 3. The van der Waals surface area contributed by atoms with Crippen molar-refractivity contribution in [3.8, 4) is 0 Å². The molecule has 0 bridgehead atoms. The van der Waals surface area contributed by atoms with Gasteiger partial charge in [0.25, 0.3) is 0 Å². The molecule has 0 radical (unpaired) electrons. The highest BCUT2D eigenvalue weighted by atomic mass is 16.6. The second-order valence-corrected chi connectivity index (χ2v) is 7.32. The number of carbonyl (C=O) groups excluding carboxylic acids is 1. The summed E-state index contributed by atoms with van der Waals surface area (Å²) in [6.45, 7) is 16.6. The van der Waals surface area contributed by atoms with E-state index in [1.807, 2.05) is 34.6 Å². The minimum absolute atomic E-state index is 0.0387. The topological polar surface area (TPSA) is 41.6 Å². The lowest BCUT2D eigenvalue weighted by Gasteiger charge is -2.31. The van der Waals surface area contributed by atoms with Crippen molar-refractivity contribution in [1.29, 1.82) is 0 Å². The molecule has 0 aliphatic heterocycles. The van der Waals surface area contributed by atoms with Crippen molar-refractivity contribution in [3.05, 3.63) is 29.3 Å². The lowest BCUT2D eigenvalue weighted by molar-refractivity contribution is 0.0186. The van der Waals surface area contributed by atoms with Gasteiger partial charge >= 0.3 is 6.09 Å². The number of benzene rings is 1. The fraction of sp³-hybridized carbons (Fsp3) is 0.632. The van der Waals surface area contributed by atoms with Gasteiger partial charge in [-0.2, -0.15) is 0 Å². The number of rotatable bonds is 5. The van der Waals surface area contributed by atoms with Crippen molar-refractivity contribution >= 4 is 11.8 Å². The largest absolute Gasteiger partial charge is 0.444 e. The molecular weight excluding hydrogens is 288 g/mol. The van der Waals surface area contributed by atoms with E-state index in [0.717, 1.165) is 11.3 Å². The Bertz CT molecular complexity index is 533. The van der Waals surface area contributed by atoms with Crippen LogP contribution in [0.3, 0.4) is 0 Å². The first-order valence-corrected chi connectivity index (χ1v) is 8.41. The summed E-state index contributed by atoms with van der Waals surface area (Å²) in [5, 5.41) is 3.46. The van der Waals surface area contributed by atoms with Gasteiger partial charge in [0, 0.05) is 18.3 Å². The lowest BCUT2D eigenvalue weighted by Crippen LogP contribution is -2.38. The van der Waals surface area contributed by atoms with Crippen molar-refractivity contribution < 1.29 is 9.53 Å². The van der Waals surface area contributed by atoms with E-state index >= 15 is 0 Å². The molecule has 1 atom stereocenters. The van der Waals surface area contributed by atoms with Crippen LogP contribution >= 0.6 is 0 Å². The van der Waals surface area contributed by atoms with Crippen molar-refractivity contribution in [2.75, 3.05) is 11.9 Å². The van der Waals surface area contributed by atoms with Crippen molar-refractivity contribution in [3.63, 3.8) is 0 Å². The van der Waals surface area contributed by atoms with Gasteiger partial charge < -0.3 is 15.0 Å². The molecule has 0 aliphatic rings. The SMILES string of the molecule is CCN(C(=O)OC(C)(C)C)C(C)c1ccc(C)c(NC(C)C)c1. The zero-order valence-corrected chi connectivity index (χ0v) is 15.9. The third-order valence-electron chi connectivity index (χ3n) is 3.62. The number of amides is 1.